The maximum absolute atomic E-state index is 12.6. The third-order valence-corrected chi connectivity index (χ3v) is 5.26. The molecule has 3 aromatic rings. The van der Waals surface area contributed by atoms with E-state index in [4.69, 9.17) is 9.47 Å². The Hall–Kier alpha value is -3.79. The van der Waals surface area contributed by atoms with Crippen molar-refractivity contribution in [2.75, 3.05) is 23.8 Å². The van der Waals surface area contributed by atoms with Gasteiger partial charge in [0.25, 0.3) is 5.91 Å². The van der Waals surface area contributed by atoms with Crippen LogP contribution in [0.25, 0.3) is 10.4 Å². The number of hydrogen-bond donors (Lipinski definition) is 2. The Labute approximate surface area is 188 Å². The highest BCUT2D eigenvalue weighted by Gasteiger charge is 2.23. The van der Waals surface area contributed by atoms with Crippen molar-refractivity contribution in [1.29, 1.82) is 0 Å². The van der Waals surface area contributed by atoms with Gasteiger partial charge in [-0.05, 0) is 31.5 Å². The number of amides is 1. The smallest absolute Gasteiger partial charge is 0.341 e. The number of nitrogens with zero attached hydrogens (tertiary/aromatic N) is 2. The zero-order valence-corrected chi connectivity index (χ0v) is 18.3. The molecule has 0 fully saturated rings. The van der Waals surface area contributed by atoms with Gasteiger partial charge in [0.1, 0.15) is 11.5 Å². The van der Waals surface area contributed by atoms with Crippen LogP contribution < -0.4 is 10.6 Å². The standard InChI is InChI=1S/C22H22N4O5S/c1-3-30-21(29)16-12-17(15-8-5-4-6-9-15)32-20(16)26-19(28)14(2)31-18(27)13-25-22-23-10-7-11-24-22/h4-12,14H,3,13H2,1-2H3,(H,26,28)(H,23,24,25)/t14-/m1/s1. The normalized spacial score (nSPS) is 11.3. The van der Waals surface area contributed by atoms with E-state index in [1.54, 1.807) is 19.1 Å². The van der Waals surface area contributed by atoms with Gasteiger partial charge in [-0.25, -0.2) is 14.8 Å². The van der Waals surface area contributed by atoms with Gasteiger partial charge in [0.2, 0.25) is 5.95 Å². The molecule has 3 rings (SSSR count). The summed E-state index contributed by atoms with van der Waals surface area (Å²) in [7, 11) is 0. The van der Waals surface area contributed by atoms with E-state index in [1.807, 2.05) is 30.3 Å². The molecular weight excluding hydrogens is 432 g/mol. The molecule has 32 heavy (non-hydrogen) atoms. The highest BCUT2D eigenvalue weighted by molar-refractivity contribution is 7.20. The molecule has 0 saturated carbocycles. The molecule has 0 spiro atoms. The van der Waals surface area contributed by atoms with E-state index in [1.165, 1.54) is 30.7 Å². The topological polar surface area (TPSA) is 120 Å². The minimum atomic E-state index is -1.08. The average molecular weight is 455 g/mol. The van der Waals surface area contributed by atoms with Crippen molar-refractivity contribution in [2.45, 2.75) is 20.0 Å². The fourth-order valence-electron chi connectivity index (χ4n) is 2.64. The lowest BCUT2D eigenvalue weighted by Gasteiger charge is -2.13. The van der Waals surface area contributed by atoms with Crippen LogP contribution in [-0.2, 0) is 19.1 Å². The highest BCUT2D eigenvalue weighted by atomic mass is 32.1. The van der Waals surface area contributed by atoms with E-state index in [0.717, 1.165) is 10.4 Å². The zero-order valence-electron chi connectivity index (χ0n) is 17.5. The molecule has 0 bridgehead atoms. The number of aromatic nitrogens is 2. The summed E-state index contributed by atoms with van der Waals surface area (Å²) < 4.78 is 10.3. The predicted octanol–water partition coefficient (Wildman–Crippen LogP) is 3.36. The molecule has 0 aliphatic rings. The van der Waals surface area contributed by atoms with Crippen molar-refractivity contribution in [3.63, 3.8) is 0 Å². The molecule has 2 heterocycles. The Morgan fingerprint density at radius 2 is 1.81 bits per heavy atom. The van der Waals surface area contributed by atoms with Crippen molar-refractivity contribution in [3.8, 4) is 10.4 Å². The molecule has 1 aromatic carbocycles. The van der Waals surface area contributed by atoms with Crippen LogP contribution in [0.3, 0.4) is 0 Å². The number of hydrogen-bond acceptors (Lipinski definition) is 9. The number of anilines is 2. The summed E-state index contributed by atoms with van der Waals surface area (Å²) in [5.74, 6) is -1.49. The van der Waals surface area contributed by atoms with Crippen LogP contribution in [0.5, 0.6) is 0 Å². The molecule has 0 unspecified atom stereocenters. The molecule has 0 saturated heterocycles. The summed E-state index contributed by atoms with van der Waals surface area (Å²) in [5.41, 5.74) is 1.14. The monoisotopic (exact) mass is 454 g/mol. The van der Waals surface area contributed by atoms with Crippen molar-refractivity contribution >= 4 is 40.1 Å². The minimum Gasteiger partial charge on any atom is -0.462 e. The second kappa shape index (κ2) is 11.0. The lowest BCUT2D eigenvalue weighted by molar-refractivity contribution is -0.151. The van der Waals surface area contributed by atoms with E-state index in [9.17, 15) is 14.4 Å². The first-order chi connectivity index (χ1) is 15.5. The molecule has 2 N–H and O–H groups in total. The number of rotatable bonds is 9. The first-order valence-corrected chi connectivity index (χ1v) is 10.7. The van der Waals surface area contributed by atoms with Gasteiger partial charge in [0.05, 0.1) is 12.2 Å². The Bertz CT molecular complexity index is 1070. The Morgan fingerprint density at radius 3 is 2.50 bits per heavy atom. The number of nitrogens with one attached hydrogen (secondary N) is 2. The molecule has 0 aliphatic heterocycles. The fourth-order valence-corrected chi connectivity index (χ4v) is 3.69. The number of benzene rings is 1. The van der Waals surface area contributed by atoms with Gasteiger partial charge in [-0.3, -0.25) is 9.59 Å². The number of carbonyl (C=O) groups is 3. The zero-order chi connectivity index (χ0) is 22.9. The van der Waals surface area contributed by atoms with Crippen LogP contribution in [-0.4, -0.2) is 47.1 Å². The van der Waals surface area contributed by atoms with Gasteiger partial charge in [0, 0.05) is 17.3 Å². The van der Waals surface area contributed by atoms with Gasteiger partial charge in [-0.15, -0.1) is 11.3 Å². The lowest BCUT2D eigenvalue weighted by Crippen LogP contribution is -2.32. The molecule has 2 aromatic heterocycles. The van der Waals surface area contributed by atoms with Gasteiger partial charge in [-0.2, -0.15) is 0 Å². The van der Waals surface area contributed by atoms with E-state index in [0.29, 0.717) is 5.00 Å². The van der Waals surface area contributed by atoms with Crippen LogP contribution in [0.1, 0.15) is 24.2 Å². The van der Waals surface area contributed by atoms with E-state index < -0.39 is 23.9 Å². The molecule has 1 amide bonds. The Morgan fingerprint density at radius 1 is 1.09 bits per heavy atom. The third-order valence-electron chi connectivity index (χ3n) is 4.16. The number of thiophene rings is 1. The quantitative estimate of drug-likeness (QED) is 0.472. The van der Waals surface area contributed by atoms with Crippen LogP contribution in [0.15, 0.2) is 54.9 Å². The van der Waals surface area contributed by atoms with Crippen LogP contribution >= 0.6 is 11.3 Å². The number of carbonyl (C=O) groups excluding carboxylic acids is 3. The van der Waals surface area contributed by atoms with Crippen LogP contribution in [0.2, 0.25) is 0 Å². The van der Waals surface area contributed by atoms with Crippen LogP contribution in [0, 0.1) is 0 Å². The van der Waals surface area contributed by atoms with Crippen molar-refractivity contribution in [2.24, 2.45) is 0 Å². The molecule has 0 aliphatic carbocycles. The Kier molecular flexibility index (Phi) is 7.87. The highest BCUT2D eigenvalue weighted by Crippen LogP contribution is 2.36. The summed E-state index contributed by atoms with van der Waals surface area (Å²) >= 11 is 1.24. The molecule has 0 radical (unpaired) electrons. The van der Waals surface area contributed by atoms with Gasteiger partial charge in [0.15, 0.2) is 6.10 Å². The first-order valence-electron chi connectivity index (χ1n) is 9.85. The van der Waals surface area contributed by atoms with E-state index in [2.05, 4.69) is 20.6 Å². The summed E-state index contributed by atoms with van der Waals surface area (Å²) in [6.45, 7) is 3.15. The van der Waals surface area contributed by atoms with Crippen molar-refractivity contribution < 1.29 is 23.9 Å². The minimum absolute atomic E-state index is 0.202. The molecular formula is C22H22N4O5S. The van der Waals surface area contributed by atoms with E-state index in [-0.39, 0.29) is 24.7 Å². The molecule has 166 valence electrons. The Balaban J connectivity index is 1.66. The maximum atomic E-state index is 12.6. The number of esters is 2. The van der Waals surface area contributed by atoms with Crippen molar-refractivity contribution in [3.05, 3.63) is 60.4 Å². The number of ether oxygens (including phenoxy) is 2. The van der Waals surface area contributed by atoms with Crippen molar-refractivity contribution in [1.82, 2.24) is 9.97 Å². The summed E-state index contributed by atoms with van der Waals surface area (Å²) in [6.07, 6.45) is 1.98. The van der Waals surface area contributed by atoms with Gasteiger partial charge in [-0.1, -0.05) is 30.3 Å². The average Bonchev–Trinajstić information content (AvgIpc) is 3.23. The summed E-state index contributed by atoms with van der Waals surface area (Å²) in [6, 6.07) is 12.8. The summed E-state index contributed by atoms with van der Waals surface area (Å²) in [5, 5.41) is 5.71. The largest absolute Gasteiger partial charge is 0.462 e. The second-order valence-corrected chi connectivity index (χ2v) is 7.54. The lowest BCUT2D eigenvalue weighted by atomic mass is 10.1. The van der Waals surface area contributed by atoms with E-state index >= 15 is 0 Å². The van der Waals surface area contributed by atoms with Crippen LogP contribution in [0.4, 0.5) is 10.9 Å². The maximum Gasteiger partial charge on any atom is 0.341 e. The molecule has 10 heteroatoms. The summed E-state index contributed by atoms with van der Waals surface area (Å²) in [4.78, 5) is 45.7. The molecule has 9 nitrogen and oxygen atoms in total. The molecule has 1 atom stereocenters. The second-order valence-electron chi connectivity index (χ2n) is 6.49. The van der Waals surface area contributed by atoms with Gasteiger partial charge < -0.3 is 20.1 Å². The first kappa shape index (κ1) is 22.9. The van der Waals surface area contributed by atoms with Gasteiger partial charge >= 0.3 is 11.9 Å². The third kappa shape index (κ3) is 6.11. The predicted molar refractivity (Wildman–Crippen MR) is 120 cm³/mol. The fraction of sp³-hybridized carbons (Fsp3) is 0.227. The SMILES string of the molecule is CCOC(=O)c1cc(-c2ccccc2)sc1NC(=O)[C@@H](C)OC(=O)CNc1ncccn1.